The Hall–Kier alpha value is -1.79. The van der Waals surface area contributed by atoms with Gasteiger partial charge in [-0.3, -0.25) is 4.79 Å². The Balaban J connectivity index is 2.40. The first-order chi connectivity index (χ1) is 9.41. The summed E-state index contributed by atoms with van der Waals surface area (Å²) in [6, 6.07) is 5.49. The zero-order chi connectivity index (χ0) is 15.1. The smallest absolute Gasteiger partial charge is 0.328 e. The van der Waals surface area contributed by atoms with E-state index < -0.39 is 24.0 Å². The van der Waals surface area contributed by atoms with Crippen molar-refractivity contribution in [2.24, 2.45) is 0 Å². The summed E-state index contributed by atoms with van der Waals surface area (Å²) in [5, 5.41) is 20.7. The monoisotopic (exact) mass is 301 g/mol. The van der Waals surface area contributed by atoms with E-state index in [1.165, 1.54) is 6.92 Å². The van der Waals surface area contributed by atoms with Crippen molar-refractivity contribution in [2.45, 2.75) is 25.5 Å². The highest BCUT2D eigenvalue weighted by atomic mass is 35.5. The van der Waals surface area contributed by atoms with Crippen LogP contribution in [0, 0.1) is 0 Å². The molecular weight excluding hydrogens is 286 g/mol. The van der Waals surface area contributed by atoms with Gasteiger partial charge in [0.15, 0.2) is 6.04 Å². The Labute approximate surface area is 121 Å². The summed E-state index contributed by atoms with van der Waals surface area (Å²) in [4.78, 5) is 22.3. The second kappa shape index (κ2) is 7.72. The molecule has 0 aromatic heterocycles. The summed E-state index contributed by atoms with van der Waals surface area (Å²) in [5.74, 6) is -1.36. The number of aliphatic carboxylic acids is 1. The number of para-hydroxylation sites is 1. The summed E-state index contributed by atoms with van der Waals surface area (Å²) in [5.41, 5.74) is 0. The molecule has 1 aromatic rings. The van der Waals surface area contributed by atoms with Crippen molar-refractivity contribution in [1.29, 1.82) is 0 Å². The molecule has 7 heteroatoms. The SMILES string of the molecule is CC(O)C(NC(=O)CCOc1ccccc1Cl)C(=O)O. The summed E-state index contributed by atoms with van der Waals surface area (Å²) in [6.45, 7) is 1.35. The van der Waals surface area contributed by atoms with Gasteiger partial charge in [0, 0.05) is 0 Å². The zero-order valence-electron chi connectivity index (χ0n) is 10.9. The molecule has 2 atom stereocenters. The number of amides is 1. The number of ether oxygens (including phenoxy) is 1. The summed E-state index contributed by atoms with van der Waals surface area (Å²) in [6.07, 6.45) is -1.22. The number of carboxylic acid groups (broad SMARTS) is 1. The van der Waals surface area contributed by atoms with Crippen LogP contribution in [0.5, 0.6) is 5.75 Å². The molecule has 0 spiro atoms. The number of carbonyl (C=O) groups excluding carboxylic acids is 1. The van der Waals surface area contributed by atoms with Gasteiger partial charge in [-0.25, -0.2) is 4.79 Å². The Morgan fingerprint density at radius 1 is 1.40 bits per heavy atom. The van der Waals surface area contributed by atoms with Gasteiger partial charge in [0.05, 0.1) is 24.2 Å². The Bertz CT molecular complexity index is 478. The van der Waals surface area contributed by atoms with Crippen molar-refractivity contribution >= 4 is 23.5 Å². The van der Waals surface area contributed by atoms with Crippen molar-refractivity contribution in [2.75, 3.05) is 6.61 Å². The summed E-state index contributed by atoms with van der Waals surface area (Å²) < 4.78 is 5.31. The Morgan fingerprint density at radius 2 is 2.05 bits per heavy atom. The lowest BCUT2D eigenvalue weighted by molar-refractivity contribution is -0.144. The average Bonchev–Trinajstić information content (AvgIpc) is 2.37. The second-order valence-electron chi connectivity index (χ2n) is 4.15. The molecule has 0 fully saturated rings. The fraction of sp³-hybridized carbons (Fsp3) is 0.385. The first-order valence-corrected chi connectivity index (χ1v) is 6.37. The normalized spacial score (nSPS) is 13.3. The van der Waals surface area contributed by atoms with Crippen LogP contribution in [0.1, 0.15) is 13.3 Å². The number of rotatable bonds is 7. The molecule has 0 radical (unpaired) electrons. The van der Waals surface area contributed by atoms with E-state index in [1.807, 2.05) is 0 Å². The minimum Gasteiger partial charge on any atom is -0.491 e. The van der Waals surface area contributed by atoms with Crippen LogP contribution in [-0.2, 0) is 9.59 Å². The molecule has 1 aromatic carbocycles. The quantitative estimate of drug-likeness (QED) is 0.700. The Kier molecular flexibility index (Phi) is 6.27. The zero-order valence-corrected chi connectivity index (χ0v) is 11.6. The van der Waals surface area contributed by atoms with Crippen molar-refractivity contribution in [3.63, 3.8) is 0 Å². The van der Waals surface area contributed by atoms with Crippen molar-refractivity contribution < 1.29 is 24.5 Å². The number of carboxylic acids is 1. The summed E-state index contributed by atoms with van der Waals surface area (Å²) in [7, 11) is 0. The first-order valence-electron chi connectivity index (χ1n) is 5.99. The van der Waals surface area contributed by atoms with Crippen molar-refractivity contribution in [3.8, 4) is 5.75 Å². The highest BCUT2D eigenvalue weighted by Gasteiger charge is 2.24. The largest absolute Gasteiger partial charge is 0.491 e. The molecule has 6 nitrogen and oxygen atoms in total. The van der Waals surface area contributed by atoms with Gasteiger partial charge in [-0.2, -0.15) is 0 Å². The minimum absolute atomic E-state index is 0.0400. The molecule has 1 rings (SSSR count). The van der Waals surface area contributed by atoms with Crippen LogP contribution in [0.4, 0.5) is 0 Å². The molecule has 0 saturated carbocycles. The third-order valence-corrected chi connectivity index (χ3v) is 2.80. The van der Waals surface area contributed by atoms with Gasteiger partial charge in [-0.1, -0.05) is 23.7 Å². The Morgan fingerprint density at radius 3 is 2.60 bits per heavy atom. The lowest BCUT2D eigenvalue weighted by Gasteiger charge is -2.17. The number of hydrogen-bond acceptors (Lipinski definition) is 4. The fourth-order valence-corrected chi connectivity index (χ4v) is 1.64. The van der Waals surface area contributed by atoms with Gasteiger partial charge in [0.1, 0.15) is 5.75 Å². The average molecular weight is 302 g/mol. The maximum absolute atomic E-state index is 11.5. The molecule has 3 N–H and O–H groups in total. The lowest BCUT2D eigenvalue weighted by Crippen LogP contribution is -2.47. The maximum Gasteiger partial charge on any atom is 0.328 e. The molecule has 0 bridgehead atoms. The fourth-order valence-electron chi connectivity index (χ4n) is 1.45. The third-order valence-electron chi connectivity index (χ3n) is 2.49. The number of aliphatic hydroxyl groups excluding tert-OH is 1. The number of carbonyl (C=O) groups is 2. The topological polar surface area (TPSA) is 95.9 Å². The third kappa shape index (κ3) is 5.07. The molecular formula is C13H16ClNO5. The van der Waals surface area contributed by atoms with Crippen LogP contribution < -0.4 is 10.1 Å². The lowest BCUT2D eigenvalue weighted by atomic mass is 10.2. The van der Waals surface area contributed by atoms with Crippen LogP contribution in [0.2, 0.25) is 5.02 Å². The summed E-state index contributed by atoms with van der Waals surface area (Å²) >= 11 is 5.87. The van der Waals surface area contributed by atoms with E-state index in [1.54, 1.807) is 24.3 Å². The van der Waals surface area contributed by atoms with Crippen molar-refractivity contribution in [1.82, 2.24) is 5.32 Å². The molecule has 110 valence electrons. The molecule has 1 amide bonds. The van der Waals surface area contributed by atoms with Crippen LogP contribution >= 0.6 is 11.6 Å². The first kappa shape index (κ1) is 16.3. The van der Waals surface area contributed by atoms with E-state index in [-0.39, 0.29) is 13.0 Å². The minimum atomic E-state index is -1.33. The number of aliphatic hydroxyl groups is 1. The van der Waals surface area contributed by atoms with Crippen LogP contribution in [-0.4, -0.2) is 40.8 Å². The molecule has 0 heterocycles. The van der Waals surface area contributed by atoms with Gasteiger partial charge in [0.25, 0.3) is 0 Å². The van der Waals surface area contributed by atoms with E-state index in [2.05, 4.69) is 5.32 Å². The predicted molar refractivity (Wildman–Crippen MR) is 72.8 cm³/mol. The molecule has 2 unspecified atom stereocenters. The molecule has 20 heavy (non-hydrogen) atoms. The van der Waals surface area contributed by atoms with E-state index in [4.69, 9.17) is 21.4 Å². The number of benzene rings is 1. The van der Waals surface area contributed by atoms with Gasteiger partial charge in [-0.05, 0) is 19.1 Å². The number of halogens is 1. The van der Waals surface area contributed by atoms with E-state index in [0.29, 0.717) is 10.8 Å². The van der Waals surface area contributed by atoms with E-state index in [0.717, 1.165) is 0 Å². The van der Waals surface area contributed by atoms with E-state index in [9.17, 15) is 14.7 Å². The van der Waals surface area contributed by atoms with E-state index >= 15 is 0 Å². The molecule has 0 aliphatic rings. The van der Waals surface area contributed by atoms with Gasteiger partial charge in [-0.15, -0.1) is 0 Å². The second-order valence-corrected chi connectivity index (χ2v) is 4.56. The standard InChI is InChI=1S/C13H16ClNO5/c1-8(16)12(13(18)19)15-11(17)6-7-20-10-5-3-2-4-9(10)14/h2-5,8,12,16H,6-7H2,1H3,(H,15,17)(H,18,19). The molecule has 0 aliphatic carbocycles. The van der Waals surface area contributed by atoms with Gasteiger partial charge < -0.3 is 20.3 Å². The number of nitrogens with one attached hydrogen (secondary N) is 1. The van der Waals surface area contributed by atoms with Crippen LogP contribution in [0.15, 0.2) is 24.3 Å². The van der Waals surface area contributed by atoms with Gasteiger partial charge in [0.2, 0.25) is 5.91 Å². The number of hydrogen-bond donors (Lipinski definition) is 3. The molecule has 0 saturated heterocycles. The molecule has 0 aliphatic heterocycles. The highest BCUT2D eigenvalue weighted by molar-refractivity contribution is 6.32. The van der Waals surface area contributed by atoms with Crippen LogP contribution in [0.25, 0.3) is 0 Å². The predicted octanol–water partition coefficient (Wildman–Crippen LogP) is 1.06. The van der Waals surface area contributed by atoms with Crippen molar-refractivity contribution in [3.05, 3.63) is 29.3 Å². The van der Waals surface area contributed by atoms with Gasteiger partial charge >= 0.3 is 5.97 Å². The maximum atomic E-state index is 11.5. The van der Waals surface area contributed by atoms with Crippen LogP contribution in [0.3, 0.4) is 0 Å². The highest BCUT2D eigenvalue weighted by Crippen LogP contribution is 2.22.